The van der Waals surface area contributed by atoms with Gasteiger partial charge in [-0.3, -0.25) is 0 Å². The Hall–Kier alpha value is -0.340. The molecule has 0 spiro atoms. The largest absolute Gasteiger partial charge is 0.396 e. The van der Waals surface area contributed by atoms with E-state index in [9.17, 15) is 10.2 Å². The molecule has 0 aromatic carbocycles. The van der Waals surface area contributed by atoms with Crippen LogP contribution in [0.25, 0.3) is 0 Å². The molecule has 0 bridgehead atoms. The number of hydrogen-bond acceptors (Lipinski definition) is 2. The third kappa shape index (κ3) is 2.07. The quantitative estimate of drug-likeness (QED) is 0.738. The molecule has 4 aliphatic rings. The lowest BCUT2D eigenvalue weighted by atomic mass is 9.46. The number of fused-ring (bicyclic) bond motifs is 5. The first-order valence-corrected chi connectivity index (χ1v) is 9.97. The van der Waals surface area contributed by atoms with E-state index < -0.39 is 5.60 Å². The second-order valence-electron chi connectivity index (χ2n) is 9.45. The zero-order valence-electron chi connectivity index (χ0n) is 15.0. The zero-order chi connectivity index (χ0) is 16.3. The van der Waals surface area contributed by atoms with Gasteiger partial charge in [-0.05, 0) is 92.8 Å². The molecule has 4 aliphatic carbocycles. The van der Waals surface area contributed by atoms with Crippen molar-refractivity contribution in [3.05, 3.63) is 11.6 Å². The van der Waals surface area contributed by atoms with E-state index in [0.717, 1.165) is 24.7 Å². The van der Waals surface area contributed by atoms with Crippen LogP contribution in [0.2, 0.25) is 0 Å². The maximum Gasteiger partial charge on any atom is 0.0725 e. The van der Waals surface area contributed by atoms with E-state index in [-0.39, 0.29) is 12.0 Å². The summed E-state index contributed by atoms with van der Waals surface area (Å²) >= 11 is 0. The maximum absolute atomic E-state index is 11.3. The van der Waals surface area contributed by atoms with Crippen molar-refractivity contribution in [3.8, 4) is 0 Å². The molecule has 0 heterocycles. The Balaban J connectivity index is 1.65. The van der Waals surface area contributed by atoms with Crippen LogP contribution in [0.15, 0.2) is 11.6 Å². The van der Waals surface area contributed by atoms with Gasteiger partial charge in [0.15, 0.2) is 0 Å². The van der Waals surface area contributed by atoms with Gasteiger partial charge in [-0.15, -0.1) is 0 Å². The molecular formula is C21H34O2. The Kier molecular flexibility index (Phi) is 3.74. The molecule has 0 aliphatic heterocycles. The van der Waals surface area contributed by atoms with E-state index in [1.165, 1.54) is 44.9 Å². The maximum atomic E-state index is 11.3. The summed E-state index contributed by atoms with van der Waals surface area (Å²) in [5, 5.41) is 20.7. The van der Waals surface area contributed by atoms with Gasteiger partial charge in [0, 0.05) is 6.61 Å². The van der Waals surface area contributed by atoms with Gasteiger partial charge in [-0.2, -0.15) is 0 Å². The van der Waals surface area contributed by atoms with Crippen LogP contribution >= 0.6 is 0 Å². The van der Waals surface area contributed by atoms with E-state index in [1.807, 2.05) is 0 Å². The van der Waals surface area contributed by atoms with Crippen LogP contribution in [0.5, 0.6) is 0 Å². The van der Waals surface area contributed by atoms with Crippen molar-refractivity contribution in [3.63, 3.8) is 0 Å². The van der Waals surface area contributed by atoms with Crippen molar-refractivity contribution in [2.45, 2.75) is 83.7 Å². The first kappa shape index (κ1) is 16.1. The summed E-state index contributed by atoms with van der Waals surface area (Å²) in [7, 11) is 0. The van der Waals surface area contributed by atoms with Crippen LogP contribution in [-0.2, 0) is 0 Å². The Morgan fingerprint density at radius 1 is 1.09 bits per heavy atom. The summed E-state index contributed by atoms with van der Waals surface area (Å²) in [6.07, 6.45) is 14.3. The fourth-order valence-electron chi connectivity index (χ4n) is 7.46. The average molecular weight is 319 g/mol. The number of rotatable bonds is 2. The molecule has 0 aromatic rings. The Bertz CT molecular complexity index is 512. The van der Waals surface area contributed by atoms with Crippen molar-refractivity contribution < 1.29 is 10.2 Å². The standard InChI is InChI=1S/C21H34O2/c1-19-10-4-3-5-15(19)6-7-16-17(19)8-11-20(2)18(16)9-12-21(20,23)13-14-22/h5,16-18,22-23H,3-4,6-14H2,1-2H3/t16-,17+,18+,19+,20+,21+/m1/s1. The predicted octanol–water partition coefficient (Wildman–Crippen LogP) is 4.45. The van der Waals surface area contributed by atoms with Crippen molar-refractivity contribution in [1.29, 1.82) is 0 Å². The molecule has 0 amide bonds. The molecule has 0 saturated heterocycles. The molecule has 2 heteroatoms. The SMILES string of the molecule is C[C@]12CCCC=C1CC[C@@H]1[C@@H]2CC[C@@]2(C)[C@H]1CC[C@]2(O)CCO. The van der Waals surface area contributed by atoms with Gasteiger partial charge in [0.25, 0.3) is 0 Å². The molecule has 0 radical (unpaired) electrons. The first-order valence-electron chi connectivity index (χ1n) is 9.97. The molecule has 3 saturated carbocycles. The van der Waals surface area contributed by atoms with Gasteiger partial charge >= 0.3 is 0 Å². The molecule has 0 unspecified atom stereocenters. The Morgan fingerprint density at radius 3 is 2.65 bits per heavy atom. The Morgan fingerprint density at radius 2 is 1.87 bits per heavy atom. The van der Waals surface area contributed by atoms with Crippen LogP contribution in [0, 0.1) is 28.6 Å². The summed E-state index contributed by atoms with van der Waals surface area (Å²) < 4.78 is 0. The van der Waals surface area contributed by atoms with Gasteiger partial charge in [-0.1, -0.05) is 25.5 Å². The summed E-state index contributed by atoms with van der Waals surface area (Å²) in [6, 6.07) is 0. The molecule has 2 nitrogen and oxygen atoms in total. The summed E-state index contributed by atoms with van der Waals surface area (Å²) in [6.45, 7) is 5.01. The third-order valence-electron chi connectivity index (χ3n) is 8.87. The normalized spacial score (nSPS) is 52.3. The van der Waals surface area contributed by atoms with Crippen LogP contribution in [0.4, 0.5) is 0 Å². The number of aliphatic hydroxyl groups is 2. The van der Waals surface area contributed by atoms with Crippen molar-refractivity contribution in [2.75, 3.05) is 6.61 Å². The molecule has 2 N–H and O–H groups in total. The second kappa shape index (κ2) is 5.33. The lowest BCUT2D eigenvalue weighted by Gasteiger charge is -2.59. The monoisotopic (exact) mass is 318 g/mol. The number of allylic oxidation sites excluding steroid dienone is 2. The Labute approximate surface area is 141 Å². The fourth-order valence-corrected chi connectivity index (χ4v) is 7.46. The van der Waals surface area contributed by atoms with Crippen molar-refractivity contribution >= 4 is 0 Å². The van der Waals surface area contributed by atoms with Gasteiger partial charge in [0.05, 0.1) is 5.60 Å². The second-order valence-corrected chi connectivity index (χ2v) is 9.45. The molecule has 4 rings (SSSR count). The highest BCUT2D eigenvalue weighted by atomic mass is 16.3. The minimum Gasteiger partial charge on any atom is -0.396 e. The number of aliphatic hydroxyl groups excluding tert-OH is 1. The molecule has 3 fully saturated rings. The molecular weight excluding hydrogens is 284 g/mol. The first-order chi connectivity index (χ1) is 10.9. The number of hydrogen-bond donors (Lipinski definition) is 2. The third-order valence-corrected chi connectivity index (χ3v) is 8.87. The van der Waals surface area contributed by atoms with Crippen molar-refractivity contribution in [1.82, 2.24) is 0 Å². The topological polar surface area (TPSA) is 40.5 Å². The average Bonchev–Trinajstić information content (AvgIpc) is 2.79. The smallest absolute Gasteiger partial charge is 0.0725 e. The lowest BCUT2D eigenvalue weighted by molar-refractivity contribution is -0.134. The van der Waals surface area contributed by atoms with E-state index in [4.69, 9.17) is 0 Å². The van der Waals surface area contributed by atoms with E-state index >= 15 is 0 Å². The fraction of sp³-hybridized carbons (Fsp3) is 0.905. The molecule has 23 heavy (non-hydrogen) atoms. The summed E-state index contributed by atoms with van der Waals surface area (Å²) in [4.78, 5) is 0. The molecule has 130 valence electrons. The van der Waals surface area contributed by atoms with Crippen LogP contribution < -0.4 is 0 Å². The van der Waals surface area contributed by atoms with Crippen molar-refractivity contribution in [2.24, 2.45) is 28.6 Å². The summed E-state index contributed by atoms with van der Waals surface area (Å²) in [5.74, 6) is 2.29. The predicted molar refractivity (Wildman–Crippen MR) is 93.0 cm³/mol. The highest BCUT2D eigenvalue weighted by Gasteiger charge is 2.63. The van der Waals surface area contributed by atoms with E-state index in [2.05, 4.69) is 19.9 Å². The molecule has 6 atom stereocenters. The lowest BCUT2D eigenvalue weighted by Crippen LogP contribution is -2.54. The van der Waals surface area contributed by atoms with Gasteiger partial charge < -0.3 is 10.2 Å². The van der Waals surface area contributed by atoms with Crippen LogP contribution in [0.1, 0.15) is 78.1 Å². The van der Waals surface area contributed by atoms with Crippen LogP contribution in [-0.4, -0.2) is 22.4 Å². The van der Waals surface area contributed by atoms with Gasteiger partial charge in [0.1, 0.15) is 0 Å². The summed E-state index contributed by atoms with van der Waals surface area (Å²) in [5.41, 5.74) is 1.61. The zero-order valence-corrected chi connectivity index (χ0v) is 15.0. The van der Waals surface area contributed by atoms with E-state index in [1.54, 1.807) is 5.57 Å². The van der Waals surface area contributed by atoms with Gasteiger partial charge in [-0.25, -0.2) is 0 Å². The van der Waals surface area contributed by atoms with Crippen LogP contribution in [0.3, 0.4) is 0 Å². The van der Waals surface area contributed by atoms with Gasteiger partial charge in [0.2, 0.25) is 0 Å². The highest BCUT2D eigenvalue weighted by molar-refractivity contribution is 5.24. The minimum atomic E-state index is -0.624. The molecule has 0 aromatic heterocycles. The highest BCUT2D eigenvalue weighted by Crippen LogP contribution is 2.68. The minimum absolute atomic E-state index is 0.0309. The van der Waals surface area contributed by atoms with E-state index in [0.29, 0.717) is 17.8 Å².